The van der Waals surface area contributed by atoms with Crippen molar-refractivity contribution in [2.45, 2.75) is 59.0 Å². The fourth-order valence-corrected chi connectivity index (χ4v) is 1.43. The molecule has 0 aliphatic rings. The Morgan fingerprint density at radius 2 is 1.85 bits per heavy atom. The molecule has 3 nitrogen and oxygen atoms in total. The average molecular weight is 290 g/mol. The highest BCUT2D eigenvalue weighted by Gasteiger charge is 2.38. The number of alkyl halides is 3. The van der Waals surface area contributed by atoms with E-state index in [0.29, 0.717) is 12.2 Å². The summed E-state index contributed by atoms with van der Waals surface area (Å²) in [6.45, 7) is 9.45. The number of rotatable bonds is 4. The predicted molar refractivity (Wildman–Crippen MR) is 71.7 cm³/mol. The van der Waals surface area contributed by atoms with E-state index >= 15 is 0 Å². The Morgan fingerprint density at radius 1 is 1.25 bits per heavy atom. The second kappa shape index (κ2) is 5.99. The van der Waals surface area contributed by atoms with Crippen LogP contribution in [0.15, 0.2) is 12.1 Å². The minimum atomic E-state index is -4.39. The van der Waals surface area contributed by atoms with Gasteiger partial charge in [0.15, 0.2) is 6.10 Å². The van der Waals surface area contributed by atoms with Crippen molar-refractivity contribution in [1.82, 2.24) is 10.3 Å². The van der Waals surface area contributed by atoms with Crippen LogP contribution < -0.4 is 10.1 Å². The van der Waals surface area contributed by atoms with Gasteiger partial charge < -0.3 is 10.1 Å². The van der Waals surface area contributed by atoms with Gasteiger partial charge in [-0.3, -0.25) is 0 Å². The third kappa shape index (κ3) is 5.36. The molecule has 20 heavy (non-hydrogen) atoms. The molecule has 0 fully saturated rings. The van der Waals surface area contributed by atoms with Gasteiger partial charge in [0.25, 0.3) is 0 Å². The van der Waals surface area contributed by atoms with Gasteiger partial charge in [-0.25, -0.2) is 4.98 Å². The highest BCUT2D eigenvalue weighted by atomic mass is 19.4. The lowest BCUT2D eigenvalue weighted by Crippen LogP contribution is -2.35. The zero-order valence-corrected chi connectivity index (χ0v) is 12.4. The van der Waals surface area contributed by atoms with E-state index in [0.717, 1.165) is 12.5 Å². The van der Waals surface area contributed by atoms with Gasteiger partial charge in [-0.15, -0.1) is 0 Å². The van der Waals surface area contributed by atoms with Crippen molar-refractivity contribution in [3.8, 4) is 5.88 Å². The van der Waals surface area contributed by atoms with Crippen LogP contribution in [0.25, 0.3) is 0 Å². The molecular formula is C14H21F3N2O. The number of ether oxygens (including phenoxy) is 1. The van der Waals surface area contributed by atoms with Gasteiger partial charge in [0, 0.05) is 23.8 Å². The molecule has 0 radical (unpaired) electrons. The molecule has 114 valence electrons. The standard InChI is InChI=1S/C14H21F3N2O/c1-9-11(8-18-13(3,4)5)6-7-12(19-9)20-10(2)14(15,16)17/h6-7,10,18H,8H2,1-5H3. The Balaban J connectivity index is 2.73. The third-order valence-corrected chi connectivity index (χ3v) is 2.74. The number of nitrogens with one attached hydrogen (secondary N) is 1. The van der Waals surface area contributed by atoms with E-state index in [-0.39, 0.29) is 11.4 Å². The smallest absolute Gasteiger partial charge is 0.425 e. The second-order valence-corrected chi connectivity index (χ2v) is 5.80. The number of aromatic nitrogens is 1. The first-order chi connectivity index (χ1) is 8.99. The Labute approximate surface area is 117 Å². The van der Waals surface area contributed by atoms with Crippen LogP contribution in [0.5, 0.6) is 5.88 Å². The maximum absolute atomic E-state index is 12.4. The van der Waals surface area contributed by atoms with Crippen LogP contribution in [0.4, 0.5) is 13.2 Å². The maximum Gasteiger partial charge on any atom is 0.425 e. The fraction of sp³-hybridized carbons (Fsp3) is 0.643. The summed E-state index contributed by atoms with van der Waals surface area (Å²) in [6.07, 6.45) is -6.25. The van der Waals surface area contributed by atoms with E-state index in [1.54, 1.807) is 13.0 Å². The van der Waals surface area contributed by atoms with Crippen LogP contribution in [0.1, 0.15) is 39.0 Å². The molecule has 1 rings (SSSR count). The van der Waals surface area contributed by atoms with E-state index < -0.39 is 12.3 Å². The minimum Gasteiger partial charge on any atom is -0.465 e. The molecular weight excluding hydrogens is 269 g/mol. The molecule has 1 aromatic heterocycles. The topological polar surface area (TPSA) is 34.1 Å². The van der Waals surface area contributed by atoms with Gasteiger partial charge in [0.1, 0.15) is 0 Å². The van der Waals surface area contributed by atoms with Crippen LogP contribution in [-0.4, -0.2) is 22.8 Å². The minimum absolute atomic E-state index is 0.00756. The summed E-state index contributed by atoms with van der Waals surface area (Å²) in [5.74, 6) is -0.00756. The zero-order valence-electron chi connectivity index (χ0n) is 12.4. The monoisotopic (exact) mass is 290 g/mol. The van der Waals surface area contributed by atoms with E-state index in [1.807, 2.05) is 20.8 Å². The summed E-state index contributed by atoms with van der Waals surface area (Å²) in [7, 11) is 0. The Bertz CT molecular complexity index is 453. The Morgan fingerprint density at radius 3 is 2.30 bits per heavy atom. The molecule has 6 heteroatoms. The fourth-order valence-electron chi connectivity index (χ4n) is 1.43. The highest BCUT2D eigenvalue weighted by molar-refractivity contribution is 5.25. The quantitative estimate of drug-likeness (QED) is 0.920. The van der Waals surface area contributed by atoms with Gasteiger partial charge in [0.2, 0.25) is 5.88 Å². The molecule has 1 N–H and O–H groups in total. The first kappa shape index (κ1) is 16.8. The first-order valence-corrected chi connectivity index (χ1v) is 6.44. The molecule has 0 saturated carbocycles. The van der Waals surface area contributed by atoms with E-state index in [4.69, 9.17) is 4.74 Å². The van der Waals surface area contributed by atoms with Crippen molar-refractivity contribution < 1.29 is 17.9 Å². The molecule has 0 bridgehead atoms. The number of hydrogen-bond acceptors (Lipinski definition) is 3. The van der Waals surface area contributed by atoms with Crippen LogP contribution in [0, 0.1) is 6.92 Å². The molecule has 1 unspecified atom stereocenters. The summed E-state index contributed by atoms with van der Waals surface area (Å²) in [6, 6.07) is 3.20. The number of pyridine rings is 1. The lowest BCUT2D eigenvalue weighted by Gasteiger charge is -2.21. The first-order valence-electron chi connectivity index (χ1n) is 6.44. The Kier molecular flexibility index (Phi) is 5.02. The van der Waals surface area contributed by atoms with Gasteiger partial charge in [-0.1, -0.05) is 6.07 Å². The van der Waals surface area contributed by atoms with Gasteiger partial charge >= 0.3 is 6.18 Å². The van der Waals surface area contributed by atoms with E-state index in [1.165, 1.54) is 6.07 Å². The summed E-state index contributed by atoms with van der Waals surface area (Å²) in [5, 5.41) is 3.30. The molecule has 1 aromatic rings. The van der Waals surface area contributed by atoms with E-state index in [9.17, 15) is 13.2 Å². The van der Waals surface area contributed by atoms with Gasteiger partial charge in [0.05, 0.1) is 0 Å². The van der Waals surface area contributed by atoms with Crippen LogP contribution in [0.2, 0.25) is 0 Å². The summed E-state index contributed by atoms with van der Waals surface area (Å²) in [4.78, 5) is 4.07. The number of halogens is 3. The SMILES string of the molecule is Cc1nc(OC(C)C(F)(F)F)ccc1CNC(C)(C)C. The van der Waals surface area contributed by atoms with Gasteiger partial charge in [-0.2, -0.15) is 13.2 Å². The molecule has 0 aliphatic heterocycles. The lowest BCUT2D eigenvalue weighted by molar-refractivity contribution is -0.190. The predicted octanol–water partition coefficient (Wildman–Crippen LogP) is 3.61. The van der Waals surface area contributed by atoms with Crippen LogP contribution >= 0.6 is 0 Å². The molecule has 0 amide bonds. The molecule has 0 spiro atoms. The third-order valence-electron chi connectivity index (χ3n) is 2.74. The zero-order chi connectivity index (χ0) is 15.6. The largest absolute Gasteiger partial charge is 0.465 e. The summed E-state index contributed by atoms with van der Waals surface area (Å²) < 4.78 is 42.0. The van der Waals surface area contributed by atoms with Crippen molar-refractivity contribution in [3.63, 3.8) is 0 Å². The van der Waals surface area contributed by atoms with Crippen molar-refractivity contribution in [3.05, 3.63) is 23.4 Å². The molecule has 1 atom stereocenters. The van der Waals surface area contributed by atoms with E-state index in [2.05, 4.69) is 10.3 Å². The summed E-state index contributed by atoms with van der Waals surface area (Å²) in [5.41, 5.74) is 1.56. The van der Waals surface area contributed by atoms with Crippen molar-refractivity contribution >= 4 is 0 Å². The lowest BCUT2D eigenvalue weighted by atomic mass is 10.1. The molecule has 1 heterocycles. The molecule has 0 saturated heterocycles. The normalized spacial score (nSPS) is 14.2. The molecule has 0 aliphatic carbocycles. The number of hydrogen-bond donors (Lipinski definition) is 1. The molecule has 0 aromatic carbocycles. The summed E-state index contributed by atoms with van der Waals surface area (Å²) >= 11 is 0. The van der Waals surface area contributed by atoms with Crippen molar-refractivity contribution in [2.75, 3.05) is 0 Å². The maximum atomic E-state index is 12.4. The van der Waals surface area contributed by atoms with Gasteiger partial charge in [-0.05, 0) is 40.2 Å². The van der Waals surface area contributed by atoms with Crippen molar-refractivity contribution in [1.29, 1.82) is 0 Å². The van der Waals surface area contributed by atoms with Crippen molar-refractivity contribution in [2.24, 2.45) is 0 Å². The highest BCUT2D eigenvalue weighted by Crippen LogP contribution is 2.24. The number of nitrogens with zero attached hydrogens (tertiary/aromatic N) is 1. The Hall–Kier alpha value is -1.30. The van der Waals surface area contributed by atoms with Crippen LogP contribution in [-0.2, 0) is 6.54 Å². The number of aryl methyl sites for hydroxylation is 1. The second-order valence-electron chi connectivity index (χ2n) is 5.80. The average Bonchev–Trinajstić information content (AvgIpc) is 2.25. The van der Waals surface area contributed by atoms with Crippen LogP contribution in [0.3, 0.4) is 0 Å².